The van der Waals surface area contributed by atoms with Gasteiger partial charge in [-0.15, -0.1) is 0 Å². The summed E-state index contributed by atoms with van der Waals surface area (Å²) in [5, 5.41) is 18.4. The number of nitrogens with zero attached hydrogens (tertiary/aromatic N) is 4. The molecule has 1 aromatic heterocycles. The minimum Gasteiger partial charge on any atom is -0.393 e. The molecule has 0 saturated carbocycles. The molecule has 4 nitrogen and oxygen atoms in total. The molecule has 0 fully saturated rings. The minimum absolute atomic E-state index is 0.117. The average molecular weight is 400 g/mol. The van der Waals surface area contributed by atoms with Crippen LogP contribution in [0, 0.1) is 36.5 Å². The van der Waals surface area contributed by atoms with Gasteiger partial charge in [0.2, 0.25) is 0 Å². The molecule has 0 radical (unpaired) electrons. The van der Waals surface area contributed by atoms with Crippen molar-refractivity contribution in [2.75, 3.05) is 0 Å². The largest absolute Gasteiger partial charge is 0.737 e. The fourth-order valence-corrected chi connectivity index (χ4v) is 4.66. The first kappa shape index (κ1) is 19.6. The Morgan fingerprint density at radius 1 is 1.07 bits per heavy atom. The predicted molar refractivity (Wildman–Crippen MR) is 113 cm³/mol. The van der Waals surface area contributed by atoms with E-state index in [0.717, 1.165) is 25.7 Å². The zero-order valence-corrected chi connectivity index (χ0v) is 17.2. The Kier molecular flexibility index (Phi) is 4.36. The van der Waals surface area contributed by atoms with Crippen molar-refractivity contribution in [2.24, 2.45) is 0 Å². The highest BCUT2D eigenvalue weighted by Gasteiger charge is 2.56. The number of halogens is 2. The van der Waals surface area contributed by atoms with Crippen molar-refractivity contribution in [3.8, 4) is 12.1 Å². The fraction of sp³-hybridized carbons (Fsp3) is 0.174. The van der Waals surface area contributed by atoms with Crippen LogP contribution in [-0.4, -0.2) is 21.6 Å². The third kappa shape index (κ3) is 2.52. The van der Waals surface area contributed by atoms with Crippen molar-refractivity contribution >= 4 is 18.3 Å². The van der Waals surface area contributed by atoms with Crippen LogP contribution in [0.4, 0.5) is 8.63 Å². The first-order chi connectivity index (χ1) is 14.2. The summed E-state index contributed by atoms with van der Waals surface area (Å²) in [5.74, 6) is 0. The third-order valence-electron chi connectivity index (χ3n) is 5.86. The topological polar surface area (TPSA) is 55.5 Å². The van der Waals surface area contributed by atoms with E-state index >= 15 is 8.63 Å². The van der Waals surface area contributed by atoms with E-state index in [1.807, 2.05) is 49.4 Å². The molecule has 0 bridgehead atoms. The van der Waals surface area contributed by atoms with Crippen molar-refractivity contribution < 1.29 is 13.1 Å². The first-order valence-electron chi connectivity index (χ1n) is 9.61. The molecule has 4 rings (SSSR count). The molecule has 2 aromatic rings. The molecule has 2 aliphatic heterocycles. The summed E-state index contributed by atoms with van der Waals surface area (Å²) in [7, 11) is 0. The first-order valence-corrected chi connectivity index (χ1v) is 9.61. The highest BCUT2D eigenvalue weighted by Crippen LogP contribution is 2.45. The minimum atomic E-state index is -4.15. The molecule has 0 saturated heterocycles. The van der Waals surface area contributed by atoms with Crippen LogP contribution >= 0.6 is 0 Å². The summed E-state index contributed by atoms with van der Waals surface area (Å²) < 4.78 is 34.1. The highest BCUT2D eigenvalue weighted by molar-refractivity contribution is 6.58. The number of nitriles is 2. The molecular formula is C23H19BF2N4. The van der Waals surface area contributed by atoms with Gasteiger partial charge in [-0.25, -0.2) is 0 Å². The maximum absolute atomic E-state index is 15.9. The van der Waals surface area contributed by atoms with E-state index in [1.54, 1.807) is 26.8 Å². The van der Waals surface area contributed by atoms with E-state index in [2.05, 4.69) is 0 Å². The van der Waals surface area contributed by atoms with Crippen LogP contribution in [0.15, 0.2) is 64.9 Å². The quantitative estimate of drug-likeness (QED) is 0.533. The van der Waals surface area contributed by atoms with E-state index in [1.165, 1.54) is 6.08 Å². The summed E-state index contributed by atoms with van der Waals surface area (Å²) in [6.07, 6.45) is 1.40. The van der Waals surface area contributed by atoms with Crippen molar-refractivity contribution in [1.82, 2.24) is 4.48 Å². The van der Waals surface area contributed by atoms with Gasteiger partial charge >= 0.3 is 6.97 Å². The zero-order chi connectivity index (χ0) is 21.8. The Balaban J connectivity index is 2.19. The van der Waals surface area contributed by atoms with Gasteiger partial charge in [0.1, 0.15) is 23.4 Å². The predicted octanol–water partition coefficient (Wildman–Crippen LogP) is 4.88. The second-order valence-electron chi connectivity index (χ2n) is 7.64. The second-order valence-corrected chi connectivity index (χ2v) is 7.64. The normalized spacial score (nSPS) is 16.8. The molecule has 0 amide bonds. The Hall–Kier alpha value is -3.71. The number of allylic oxidation sites excluding steroid dienone is 4. The summed E-state index contributed by atoms with van der Waals surface area (Å²) in [6, 6.07) is 14.9. The van der Waals surface area contributed by atoms with E-state index < -0.39 is 6.97 Å². The van der Waals surface area contributed by atoms with Gasteiger partial charge in [-0.05, 0) is 49.7 Å². The molecule has 30 heavy (non-hydrogen) atoms. The summed E-state index contributed by atoms with van der Waals surface area (Å²) in [5.41, 5.74) is 5.10. The van der Waals surface area contributed by atoms with Gasteiger partial charge < -0.3 is 17.6 Å². The van der Waals surface area contributed by atoms with Crippen LogP contribution in [0.3, 0.4) is 0 Å². The molecule has 3 heterocycles. The Morgan fingerprint density at radius 3 is 2.30 bits per heavy atom. The van der Waals surface area contributed by atoms with Crippen molar-refractivity contribution in [2.45, 2.75) is 27.7 Å². The smallest absolute Gasteiger partial charge is 0.393 e. The second kappa shape index (κ2) is 6.67. The van der Waals surface area contributed by atoms with Crippen molar-refractivity contribution in [1.29, 1.82) is 10.5 Å². The molecule has 2 aliphatic rings. The van der Waals surface area contributed by atoms with Gasteiger partial charge in [0.05, 0.1) is 5.57 Å². The molecule has 0 aliphatic carbocycles. The lowest BCUT2D eigenvalue weighted by Gasteiger charge is -2.34. The molecule has 148 valence electrons. The van der Waals surface area contributed by atoms with Crippen LogP contribution < -0.4 is 0 Å². The van der Waals surface area contributed by atoms with Crippen molar-refractivity contribution in [3.05, 3.63) is 87.4 Å². The van der Waals surface area contributed by atoms with Gasteiger partial charge in [0.15, 0.2) is 5.70 Å². The number of rotatable bonds is 2. The van der Waals surface area contributed by atoms with Gasteiger partial charge in [0.25, 0.3) is 0 Å². The molecule has 1 aromatic carbocycles. The maximum Gasteiger partial charge on any atom is 0.737 e. The van der Waals surface area contributed by atoms with Gasteiger partial charge in [-0.3, -0.25) is 0 Å². The Morgan fingerprint density at radius 2 is 1.70 bits per heavy atom. The molecule has 0 N–H and O–H groups in total. The van der Waals surface area contributed by atoms with Crippen LogP contribution in [-0.2, 0) is 0 Å². The summed E-state index contributed by atoms with van der Waals surface area (Å²) in [4.78, 5) is 0. The number of fused-ring (bicyclic) bond motifs is 2. The monoisotopic (exact) mass is 400 g/mol. The maximum atomic E-state index is 15.9. The van der Waals surface area contributed by atoms with Crippen LogP contribution in [0.25, 0.3) is 5.57 Å². The van der Waals surface area contributed by atoms with Crippen LogP contribution in [0.2, 0.25) is 0 Å². The molecular weight excluding hydrogens is 381 g/mol. The van der Waals surface area contributed by atoms with E-state index in [0.29, 0.717) is 33.9 Å². The summed E-state index contributed by atoms with van der Waals surface area (Å²) >= 11 is 0. The SMILES string of the molecule is CC1=C(C=C(C#N)C#N)C(C)=[N+]2C1=C(c1ccccc1)c1c(C)cc(C)n1[B-]2(F)F. The zero-order valence-electron chi connectivity index (χ0n) is 17.2. The van der Waals surface area contributed by atoms with Gasteiger partial charge in [-0.1, -0.05) is 30.3 Å². The lowest BCUT2D eigenvalue weighted by atomic mass is 9.84. The molecule has 0 unspecified atom stereocenters. The number of benzene rings is 1. The highest BCUT2D eigenvalue weighted by atomic mass is 19.2. The van der Waals surface area contributed by atoms with Crippen LogP contribution in [0.1, 0.15) is 36.4 Å². The standard InChI is InChI=1S/C23H19BF2N4/c1-14-10-15(2)29-22(14)21(19-8-6-5-7-9-19)23-16(3)20(11-18(12-27)13-28)17(4)30(23)24(29,25)26/h5-11H,1-4H3. The van der Waals surface area contributed by atoms with Crippen molar-refractivity contribution in [3.63, 3.8) is 0 Å². The Labute approximate surface area is 174 Å². The van der Waals surface area contributed by atoms with E-state index in [4.69, 9.17) is 0 Å². The fourth-order valence-electron chi connectivity index (χ4n) is 4.66. The number of aromatic nitrogens is 1. The summed E-state index contributed by atoms with van der Waals surface area (Å²) in [6.45, 7) is 2.78. The van der Waals surface area contributed by atoms with Crippen LogP contribution in [0.5, 0.6) is 0 Å². The lowest BCUT2D eigenvalue weighted by Crippen LogP contribution is -2.51. The molecule has 7 heteroatoms. The number of hydrogen-bond donors (Lipinski definition) is 0. The molecule has 0 atom stereocenters. The third-order valence-corrected chi connectivity index (χ3v) is 5.86. The van der Waals surface area contributed by atoms with E-state index in [9.17, 15) is 10.5 Å². The number of hydrogen-bond acceptors (Lipinski definition) is 2. The Bertz CT molecular complexity index is 1290. The van der Waals surface area contributed by atoms with E-state index in [-0.39, 0.29) is 5.57 Å². The lowest BCUT2D eigenvalue weighted by molar-refractivity contribution is -0.363. The average Bonchev–Trinajstić information content (AvgIpc) is 3.15. The van der Waals surface area contributed by atoms with Gasteiger partial charge in [0, 0.05) is 23.8 Å². The molecule has 0 spiro atoms. The number of aryl methyl sites for hydroxylation is 2. The van der Waals surface area contributed by atoms with Gasteiger partial charge in [-0.2, -0.15) is 10.5 Å².